The van der Waals surface area contributed by atoms with Crippen LogP contribution in [0.25, 0.3) is 0 Å². The van der Waals surface area contributed by atoms with Crippen molar-refractivity contribution in [3.63, 3.8) is 0 Å². The van der Waals surface area contributed by atoms with Crippen molar-refractivity contribution < 1.29 is 24.3 Å². The topological polar surface area (TPSA) is 129 Å². The van der Waals surface area contributed by atoms with E-state index in [0.29, 0.717) is 5.56 Å². The molecule has 4 rings (SSSR count). The molecule has 9 nitrogen and oxygen atoms in total. The van der Waals surface area contributed by atoms with E-state index in [4.69, 9.17) is 5.11 Å². The van der Waals surface area contributed by atoms with Crippen molar-refractivity contribution in [2.45, 2.75) is 18.5 Å². The van der Waals surface area contributed by atoms with E-state index in [2.05, 4.69) is 15.6 Å². The predicted octanol–water partition coefficient (Wildman–Crippen LogP) is 2.68. The lowest BCUT2D eigenvalue weighted by molar-refractivity contribution is -0.134. The number of aromatic carboxylic acids is 1. The number of hydrogen-bond acceptors (Lipinski definition) is 6. The average Bonchev–Trinajstić information content (AvgIpc) is 3.38. The molecule has 0 radical (unpaired) electrons. The summed E-state index contributed by atoms with van der Waals surface area (Å²) < 4.78 is 0. The summed E-state index contributed by atoms with van der Waals surface area (Å²) in [4.78, 5) is 54.9. The molecule has 0 aliphatic carbocycles. The van der Waals surface area contributed by atoms with E-state index in [-0.39, 0.29) is 17.2 Å². The van der Waals surface area contributed by atoms with E-state index in [0.717, 1.165) is 21.8 Å². The minimum atomic E-state index is -1.22. The Kier molecular flexibility index (Phi) is 5.95. The van der Waals surface area contributed by atoms with Gasteiger partial charge in [-0.25, -0.2) is 19.5 Å². The lowest BCUT2D eigenvalue weighted by Gasteiger charge is -2.24. The molecule has 0 spiro atoms. The zero-order valence-corrected chi connectivity index (χ0v) is 17.4. The smallest absolute Gasteiger partial charge is 0.355 e. The first-order valence-electron chi connectivity index (χ1n) is 9.66. The number of amides is 4. The number of benzene rings is 2. The second-order valence-electron chi connectivity index (χ2n) is 7.04. The van der Waals surface area contributed by atoms with Crippen LogP contribution in [0.1, 0.15) is 27.7 Å². The molecule has 3 N–H and O–H groups in total. The molecular weight excluding hydrogens is 432 g/mol. The van der Waals surface area contributed by atoms with Crippen LogP contribution in [-0.4, -0.2) is 44.8 Å². The summed E-state index contributed by atoms with van der Waals surface area (Å²) in [6, 6.07) is 15.0. The first-order chi connectivity index (χ1) is 15.4. The Morgan fingerprint density at radius 1 is 1.09 bits per heavy atom. The molecule has 2 atom stereocenters. The molecule has 1 aliphatic heterocycles. The van der Waals surface area contributed by atoms with Crippen LogP contribution >= 0.6 is 11.3 Å². The van der Waals surface area contributed by atoms with Gasteiger partial charge in [0.1, 0.15) is 12.1 Å². The van der Waals surface area contributed by atoms with Gasteiger partial charge in [0.2, 0.25) is 5.91 Å². The second-order valence-corrected chi connectivity index (χ2v) is 7.90. The number of aromatic nitrogens is 1. The number of urea groups is 1. The van der Waals surface area contributed by atoms with Crippen LogP contribution in [0, 0.1) is 0 Å². The maximum atomic E-state index is 13.2. The third-order valence-corrected chi connectivity index (χ3v) is 5.70. The Morgan fingerprint density at radius 2 is 1.75 bits per heavy atom. The minimum Gasteiger partial charge on any atom is -0.476 e. The van der Waals surface area contributed by atoms with Crippen LogP contribution in [0.2, 0.25) is 0 Å². The summed E-state index contributed by atoms with van der Waals surface area (Å²) in [6.07, 6.45) is 0.0878. The van der Waals surface area contributed by atoms with E-state index >= 15 is 0 Å². The van der Waals surface area contributed by atoms with Crippen molar-refractivity contribution in [2.24, 2.45) is 0 Å². The van der Waals surface area contributed by atoms with E-state index < -0.39 is 35.9 Å². The van der Waals surface area contributed by atoms with Crippen LogP contribution in [0.3, 0.4) is 0 Å². The Labute approximate surface area is 186 Å². The molecule has 162 valence electrons. The van der Waals surface area contributed by atoms with Crippen LogP contribution < -0.4 is 10.6 Å². The van der Waals surface area contributed by atoms with Crippen molar-refractivity contribution in [1.29, 1.82) is 0 Å². The monoisotopic (exact) mass is 450 g/mol. The van der Waals surface area contributed by atoms with E-state index in [1.807, 2.05) is 6.07 Å². The fourth-order valence-corrected chi connectivity index (χ4v) is 4.10. The maximum absolute atomic E-state index is 13.2. The summed E-state index contributed by atoms with van der Waals surface area (Å²) in [5.74, 6) is -2.40. The summed E-state index contributed by atoms with van der Waals surface area (Å²) >= 11 is 0.944. The first kappa shape index (κ1) is 21.2. The Balaban J connectivity index is 1.62. The third-order valence-electron chi connectivity index (χ3n) is 4.94. The molecule has 10 heteroatoms. The lowest BCUT2D eigenvalue weighted by Crippen LogP contribution is -2.49. The van der Waals surface area contributed by atoms with Gasteiger partial charge in [-0.2, -0.15) is 0 Å². The van der Waals surface area contributed by atoms with Crippen molar-refractivity contribution in [3.8, 4) is 0 Å². The highest BCUT2D eigenvalue weighted by Gasteiger charge is 2.45. The number of hydrogen-bond donors (Lipinski definition) is 3. The van der Waals surface area contributed by atoms with E-state index in [1.165, 1.54) is 5.38 Å². The second kappa shape index (κ2) is 8.98. The van der Waals surface area contributed by atoms with Gasteiger partial charge in [-0.3, -0.25) is 9.59 Å². The Hall–Kier alpha value is -4.05. The van der Waals surface area contributed by atoms with Gasteiger partial charge in [-0.15, -0.1) is 11.3 Å². The molecule has 1 unspecified atom stereocenters. The number of nitrogens with zero attached hydrogens (tertiary/aromatic N) is 2. The lowest BCUT2D eigenvalue weighted by atomic mass is 10.0. The molecule has 2 aromatic carbocycles. The largest absolute Gasteiger partial charge is 0.476 e. The van der Waals surface area contributed by atoms with Crippen LogP contribution in [0.15, 0.2) is 66.0 Å². The number of nitrogens with one attached hydrogen (secondary N) is 2. The van der Waals surface area contributed by atoms with Gasteiger partial charge in [0.05, 0.1) is 0 Å². The number of carboxylic acid groups (broad SMARTS) is 1. The maximum Gasteiger partial charge on any atom is 0.355 e. The molecule has 2 heterocycles. The van der Waals surface area contributed by atoms with Crippen LogP contribution in [-0.2, 0) is 16.0 Å². The molecule has 1 aromatic heterocycles. The highest BCUT2D eigenvalue weighted by Crippen LogP contribution is 2.26. The summed E-state index contributed by atoms with van der Waals surface area (Å²) in [6.45, 7) is 0. The molecule has 0 bridgehead atoms. The minimum absolute atomic E-state index is 0.0668. The van der Waals surface area contributed by atoms with Crippen LogP contribution in [0.4, 0.5) is 9.93 Å². The van der Waals surface area contributed by atoms with Gasteiger partial charge >= 0.3 is 12.0 Å². The highest BCUT2D eigenvalue weighted by molar-refractivity contribution is 7.14. The zero-order valence-electron chi connectivity index (χ0n) is 16.6. The van der Waals surface area contributed by atoms with Gasteiger partial charge < -0.3 is 15.7 Å². The number of carbonyl (C=O) groups excluding carboxylic acids is 3. The predicted molar refractivity (Wildman–Crippen MR) is 116 cm³/mol. The van der Waals surface area contributed by atoms with Gasteiger partial charge in [0.15, 0.2) is 10.8 Å². The number of carbonyl (C=O) groups is 4. The average molecular weight is 450 g/mol. The quantitative estimate of drug-likeness (QED) is 0.475. The Bertz CT molecular complexity index is 1170. The zero-order chi connectivity index (χ0) is 22.7. The standard InChI is InChI=1S/C22H18N4O5S/c27-18(25-21-23-15(12-32-21)20(29)30)16(11-13-7-3-1-4-8-13)26-19(28)17(24-22(26)31)14-9-5-2-6-10-14/h1-10,12,16-17H,11H2,(H,24,31)(H,29,30)(H,23,25,27)/t16?,17-/m0/s1. The molecule has 1 fully saturated rings. The number of rotatable bonds is 7. The molecule has 1 aliphatic rings. The van der Waals surface area contributed by atoms with Crippen molar-refractivity contribution in [2.75, 3.05) is 5.32 Å². The summed E-state index contributed by atoms with van der Waals surface area (Å²) in [5, 5.41) is 15.6. The van der Waals surface area contributed by atoms with Gasteiger partial charge in [0.25, 0.3) is 5.91 Å². The van der Waals surface area contributed by atoms with Crippen molar-refractivity contribution in [3.05, 3.63) is 82.9 Å². The van der Waals surface area contributed by atoms with Crippen molar-refractivity contribution >= 4 is 40.3 Å². The fourth-order valence-electron chi connectivity index (χ4n) is 3.42. The molecule has 32 heavy (non-hydrogen) atoms. The molecule has 3 aromatic rings. The molecular formula is C22H18N4O5S. The van der Waals surface area contributed by atoms with Gasteiger partial charge in [-0.1, -0.05) is 60.7 Å². The third kappa shape index (κ3) is 4.35. The highest BCUT2D eigenvalue weighted by atomic mass is 32.1. The van der Waals surface area contributed by atoms with Crippen molar-refractivity contribution in [1.82, 2.24) is 15.2 Å². The van der Waals surface area contributed by atoms with E-state index in [9.17, 15) is 19.2 Å². The number of carboxylic acids is 1. The van der Waals surface area contributed by atoms with Gasteiger partial charge in [-0.05, 0) is 11.1 Å². The fraction of sp³-hybridized carbons (Fsp3) is 0.136. The first-order valence-corrected chi connectivity index (χ1v) is 10.5. The van der Waals surface area contributed by atoms with Crippen LogP contribution in [0.5, 0.6) is 0 Å². The number of thiazole rings is 1. The number of anilines is 1. The molecule has 0 saturated carbocycles. The summed E-state index contributed by atoms with van der Waals surface area (Å²) in [5.41, 5.74) is 1.16. The Morgan fingerprint density at radius 3 is 2.38 bits per heavy atom. The molecule has 1 saturated heterocycles. The number of imide groups is 1. The normalized spacial score (nSPS) is 16.5. The molecule has 4 amide bonds. The summed E-state index contributed by atoms with van der Waals surface area (Å²) in [7, 11) is 0. The van der Waals surface area contributed by atoms with Gasteiger partial charge in [0, 0.05) is 11.8 Å². The SMILES string of the molecule is O=C(O)c1csc(NC(=O)C(Cc2ccccc2)N2C(=O)N[C@@H](c3ccccc3)C2=O)n1. The van der Waals surface area contributed by atoms with E-state index in [1.54, 1.807) is 54.6 Å².